The third-order valence-corrected chi connectivity index (χ3v) is 3.72. The average Bonchev–Trinajstić information content (AvgIpc) is 2.30. The van der Waals surface area contributed by atoms with Gasteiger partial charge in [0.15, 0.2) is 0 Å². The monoisotopic (exact) mass is 203 g/mol. The molecule has 82 valence electrons. The van der Waals surface area contributed by atoms with Crippen molar-refractivity contribution in [1.29, 1.82) is 0 Å². The number of piperidine rings is 1. The lowest BCUT2D eigenvalue weighted by Crippen LogP contribution is -2.35. The van der Waals surface area contributed by atoms with Crippen molar-refractivity contribution < 1.29 is 0 Å². The number of hydrogen-bond acceptors (Lipinski definition) is 1. The first-order valence-electron chi connectivity index (χ1n) is 6.09. The van der Waals surface area contributed by atoms with E-state index in [9.17, 15) is 0 Å². The van der Waals surface area contributed by atoms with E-state index >= 15 is 0 Å². The van der Waals surface area contributed by atoms with Crippen molar-refractivity contribution in [2.45, 2.75) is 32.6 Å². The molecule has 15 heavy (non-hydrogen) atoms. The number of nitrogens with one attached hydrogen (secondary N) is 1. The van der Waals surface area contributed by atoms with Crippen LogP contribution >= 0.6 is 0 Å². The molecule has 1 aromatic rings. The van der Waals surface area contributed by atoms with Crippen LogP contribution in [0, 0.1) is 12.8 Å². The summed E-state index contributed by atoms with van der Waals surface area (Å²) < 4.78 is 0. The summed E-state index contributed by atoms with van der Waals surface area (Å²) >= 11 is 0. The standard InChI is InChI=1S/C14H21N/c1-3-12-10-15-9-8-14(12)13-7-5-4-6-11(13)2/h4-7,12,14-15H,3,8-10H2,1-2H3. The summed E-state index contributed by atoms with van der Waals surface area (Å²) in [6.45, 7) is 6.91. The number of hydrogen-bond donors (Lipinski definition) is 1. The highest BCUT2D eigenvalue weighted by Crippen LogP contribution is 2.33. The first-order chi connectivity index (χ1) is 7.33. The zero-order chi connectivity index (χ0) is 10.7. The van der Waals surface area contributed by atoms with Crippen LogP contribution in [-0.4, -0.2) is 13.1 Å². The lowest BCUT2D eigenvalue weighted by Gasteiger charge is -2.32. The molecule has 1 fully saturated rings. The van der Waals surface area contributed by atoms with Crippen molar-refractivity contribution in [3.05, 3.63) is 35.4 Å². The van der Waals surface area contributed by atoms with Crippen LogP contribution in [0.4, 0.5) is 0 Å². The Morgan fingerprint density at radius 2 is 2.13 bits per heavy atom. The Hall–Kier alpha value is -0.820. The number of aryl methyl sites for hydroxylation is 1. The van der Waals surface area contributed by atoms with Crippen molar-refractivity contribution in [3.63, 3.8) is 0 Å². The molecule has 1 heteroatoms. The Kier molecular flexibility index (Phi) is 3.42. The molecule has 1 N–H and O–H groups in total. The highest BCUT2D eigenvalue weighted by Gasteiger charge is 2.25. The summed E-state index contributed by atoms with van der Waals surface area (Å²) in [6, 6.07) is 8.87. The van der Waals surface area contributed by atoms with Gasteiger partial charge in [-0.3, -0.25) is 0 Å². The molecule has 1 aliphatic rings. The smallest absolute Gasteiger partial charge is 0.00148 e. The number of rotatable bonds is 2. The van der Waals surface area contributed by atoms with Gasteiger partial charge in [-0.15, -0.1) is 0 Å². The fourth-order valence-corrected chi connectivity index (χ4v) is 2.76. The third-order valence-electron chi connectivity index (χ3n) is 3.72. The van der Waals surface area contributed by atoms with Gasteiger partial charge in [0.2, 0.25) is 0 Å². The predicted molar refractivity (Wildman–Crippen MR) is 65.2 cm³/mol. The molecule has 0 amide bonds. The fraction of sp³-hybridized carbons (Fsp3) is 0.571. The maximum Gasteiger partial charge on any atom is -0.00148 e. The van der Waals surface area contributed by atoms with Gasteiger partial charge in [0.1, 0.15) is 0 Å². The highest BCUT2D eigenvalue weighted by atomic mass is 14.9. The average molecular weight is 203 g/mol. The minimum atomic E-state index is 0.775. The van der Waals surface area contributed by atoms with Gasteiger partial charge in [-0.2, -0.15) is 0 Å². The van der Waals surface area contributed by atoms with Crippen molar-refractivity contribution in [3.8, 4) is 0 Å². The van der Waals surface area contributed by atoms with Gasteiger partial charge in [-0.25, -0.2) is 0 Å². The van der Waals surface area contributed by atoms with E-state index in [1.165, 1.54) is 31.5 Å². The first-order valence-corrected chi connectivity index (χ1v) is 6.09. The van der Waals surface area contributed by atoms with Gasteiger partial charge in [0, 0.05) is 0 Å². The van der Waals surface area contributed by atoms with Crippen LogP contribution in [0.1, 0.15) is 36.8 Å². The van der Waals surface area contributed by atoms with E-state index in [2.05, 4.69) is 43.4 Å². The normalized spacial score (nSPS) is 26.5. The molecular weight excluding hydrogens is 182 g/mol. The Morgan fingerprint density at radius 1 is 1.33 bits per heavy atom. The number of benzene rings is 1. The van der Waals surface area contributed by atoms with Crippen molar-refractivity contribution in [2.24, 2.45) is 5.92 Å². The van der Waals surface area contributed by atoms with Crippen molar-refractivity contribution in [2.75, 3.05) is 13.1 Å². The molecule has 1 heterocycles. The summed E-state index contributed by atoms with van der Waals surface area (Å²) in [5.74, 6) is 1.59. The van der Waals surface area contributed by atoms with Gasteiger partial charge in [0.25, 0.3) is 0 Å². The summed E-state index contributed by atoms with van der Waals surface area (Å²) in [6.07, 6.45) is 2.58. The highest BCUT2D eigenvalue weighted by molar-refractivity contribution is 5.30. The maximum atomic E-state index is 3.50. The van der Waals surface area contributed by atoms with Crippen LogP contribution in [0.2, 0.25) is 0 Å². The summed E-state index contributed by atoms with van der Waals surface area (Å²) in [4.78, 5) is 0. The zero-order valence-corrected chi connectivity index (χ0v) is 9.79. The molecule has 1 nitrogen and oxygen atoms in total. The van der Waals surface area contributed by atoms with Gasteiger partial charge in [-0.1, -0.05) is 37.6 Å². The molecule has 2 unspecified atom stereocenters. The van der Waals surface area contributed by atoms with Gasteiger partial charge < -0.3 is 5.32 Å². The second-order valence-corrected chi connectivity index (χ2v) is 4.62. The van der Waals surface area contributed by atoms with Crippen LogP contribution in [0.3, 0.4) is 0 Å². The SMILES string of the molecule is CCC1CNCCC1c1ccccc1C. The minimum absolute atomic E-state index is 0.775. The summed E-state index contributed by atoms with van der Waals surface area (Å²) in [7, 11) is 0. The zero-order valence-electron chi connectivity index (χ0n) is 9.79. The second-order valence-electron chi connectivity index (χ2n) is 4.62. The molecule has 2 rings (SSSR count). The molecule has 1 saturated heterocycles. The molecule has 1 aliphatic heterocycles. The second kappa shape index (κ2) is 4.80. The van der Waals surface area contributed by atoms with Crippen LogP contribution in [-0.2, 0) is 0 Å². The molecule has 0 saturated carbocycles. The molecule has 0 aromatic heterocycles. The van der Waals surface area contributed by atoms with E-state index in [1.807, 2.05) is 0 Å². The third kappa shape index (κ3) is 2.23. The Morgan fingerprint density at radius 3 is 2.87 bits per heavy atom. The molecule has 0 radical (unpaired) electrons. The van der Waals surface area contributed by atoms with Gasteiger partial charge in [0.05, 0.1) is 0 Å². The first kappa shape index (κ1) is 10.7. The van der Waals surface area contributed by atoms with E-state index in [4.69, 9.17) is 0 Å². The summed E-state index contributed by atoms with van der Waals surface area (Å²) in [5, 5.41) is 3.50. The molecule has 0 aliphatic carbocycles. The molecule has 0 bridgehead atoms. The molecule has 2 atom stereocenters. The van der Waals surface area contributed by atoms with Crippen LogP contribution in [0.5, 0.6) is 0 Å². The van der Waals surface area contributed by atoms with Crippen LogP contribution < -0.4 is 5.32 Å². The van der Waals surface area contributed by atoms with Crippen molar-refractivity contribution in [1.82, 2.24) is 5.32 Å². The van der Waals surface area contributed by atoms with E-state index in [0.29, 0.717) is 0 Å². The predicted octanol–water partition coefficient (Wildman–Crippen LogP) is 3.10. The molecular formula is C14H21N. The lowest BCUT2D eigenvalue weighted by molar-refractivity contribution is 0.317. The van der Waals surface area contributed by atoms with E-state index in [-0.39, 0.29) is 0 Å². The minimum Gasteiger partial charge on any atom is -0.316 e. The Bertz CT molecular complexity index is 319. The van der Waals surface area contributed by atoms with Crippen molar-refractivity contribution >= 4 is 0 Å². The fourth-order valence-electron chi connectivity index (χ4n) is 2.76. The maximum absolute atomic E-state index is 3.50. The van der Waals surface area contributed by atoms with Gasteiger partial charge in [-0.05, 0) is 49.4 Å². The molecule has 0 spiro atoms. The quantitative estimate of drug-likeness (QED) is 0.779. The summed E-state index contributed by atoms with van der Waals surface area (Å²) in [5.41, 5.74) is 3.04. The largest absolute Gasteiger partial charge is 0.316 e. The van der Waals surface area contributed by atoms with Crippen LogP contribution in [0.15, 0.2) is 24.3 Å². The van der Waals surface area contributed by atoms with Crippen LogP contribution in [0.25, 0.3) is 0 Å². The van der Waals surface area contributed by atoms with E-state index < -0.39 is 0 Å². The van der Waals surface area contributed by atoms with E-state index in [1.54, 1.807) is 5.56 Å². The van der Waals surface area contributed by atoms with Gasteiger partial charge >= 0.3 is 0 Å². The topological polar surface area (TPSA) is 12.0 Å². The Balaban J connectivity index is 2.24. The lowest BCUT2D eigenvalue weighted by atomic mass is 9.78. The van der Waals surface area contributed by atoms with E-state index in [0.717, 1.165) is 11.8 Å². The molecule has 1 aromatic carbocycles. The Labute approximate surface area is 92.9 Å².